The molecule has 206 valence electrons. The van der Waals surface area contributed by atoms with Gasteiger partial charge in [0, 0.05) is 38.0 Å². The van der Waals surface area contributed by atoms with Crippen LogP contribution in [-0.2, 0) is 21.9 Å². The SMILES string of the molecule is COCCNC(=O)C1CN(C(=O)Nc2ccc(C(F)(F)F)cc2)CCN1C(=O)c1ccc(C(F)(F)F)cc1. The first-order valence-corrected chi connectivity index (χ1v) is 11.3. The molecular formula is C24H24F6N4O4. The van der Waals surface area contributed by atoms with Crippen molar-refractivity contribution in [2.45, 2.75) is 18.4 Å². The average Bonchev–Trinajstić information content (AvgIpc) is 2.87. The van der Waals surface area contributed by atoms with Gasteiger partial charge in [-0.3, -0.25) is 9.59 Å². The van der Waals surface area contributed by atoms with Crippen LogP contribution in [0.25, 0.3) is 0 Å². The van der Waals surface area contributed by atoms with Crippen LogP contribution in [0, 0.1) is 0 Å². The zero-order chi connectivity index (χ0) is 28.1. The third-order valence-corrected chi connectivity index (χ3v) is 5.76. The number of hydrogen-bond acceptors (Lipinski definition) is 4. The number of nitrogens with one attached hydrogen (secondary N) is 2. The Morgan fingerprint density at radius 2 is 1.45 bits per heavy atom. The summed E-state index contributed by atoms with van der Waals surface area (Å²) in [5.41, 5.74) is -1.81. The number of carbonyl (C=O) groups excluding carboxylic acids is 3. The van der Waals surface area contributed by atoms with Gasteiger partial charge in [-0.2, -0.15) is 26.3 Å². The third kappa shape index (κ3) is 7.15. The van der Waals surface area contributed by atoms with Crippen LogP contribution in [0.2, 0.25) is 0 Å². The normalized spacial score (nSPS) is 16.2. The van der Waals surface area contributed by atoms with E-state index in [0.29, 0.717) is 0 Å². The monoisotopic (exact) mass is 546 g/mol. The molecule has 2 aromatic rings. The van der Waals surface area contributed by atoms with Crippen molar-refractivity contribution >= 4 is 23.5 Å². The lowest BCUT2D eigenvalue weighted by Gasteiger charge is -2.40. The van der Waals surface area contributed by atoms with Crippen molar-refractivity contribution in [2.75, 3.05) is 45.2 Å². The summed E-state index contributed by atoms with van der Waals surface area (Å²) < 4.78 is 81.9. The minimum absolute atomic E-state index is 0.0410. The number of benzene rings is 2. The Morgan fingerprint density at radius 1 is 0.895 bits per heavy atom. The zero-order valence-electron chi connectivity index (χ0n) is 20.0. The number of piperazine rings is 1. The summed E-state index contributed by atoms with van der Waals surface area (Å²) in [4.78, 5) is 41.2. The number of methoxy groups -OCH3 is 1. The van der Waals surface area contributed by atoms with E-state index >= 15 is 0 Å². The lowest BCUT2D eigenvalue weighted by Crippen LogP contribution is -2.62. The van der Waals surface area contributed by atoms with E-state index in [0.717, 1.165) is 53.4 Å². The molecule has 1 aliphatic heterocycles. The van der Waals surface area contributed by atoms with Gasteiger partial charge in [-0.25, -0.2) is 4.79 Å². The second kappa shape index (κ2) is 11.7. The van der Waals surface area contributed by atoms with E-state index in [9.17, 15) is 40.7 Å². The van der Waals surface area contributed by atoms with E-state index < -0.39 is 47.4 Å². The Kier molecular flexibility index (Phi) is 8.86. The van der Waals surface area contributed by atoms with Crippen molar-refractivity contribution in [1.82, 2.24) is 15.1 Å². The predicted octanol–water partition coefficient (Wildman–Crippen LogP) is 3.85. The van der Waals surface area contributed by atoms with Gasteiger partial charge >= 0.3 is 18.4 Å². The molecule has 1 heterocycles. The van der Waals surface area contributed by atoms with Crippen molar-refractivity contribution in [3.63, 3.8) is 0 Å². The van der Waals surface area contributed by atoms with Gasteiger partial charge in [0.25, 0.3) is 5.91 Å². The molecule has 0 aromatic heterocycles. The highest BCUT2D eigenvalue weighted by molar-refractivity contribution is 5.98. The molecule has 1 saturated heterocycles. The number of nitrogens with zero attached hydrogens (tertiary/aromatic N) is 2. The molecule has 0 radical (unpaired) electrons. The van der Waals surface area contributed by atoms with Gasteiger partial charge < -0.3 is 25.2 Å². The van der Waals surface area contributed by atoms with Crippen molar-refractivity contribution < 1.29 is 45.5 Å². The van der Waals surface area contributed by atoms with E-state index in [1.807, 2.05) is 0 Å². The fraction of sp³-hybridized carbons (Fsp3) is 0.375. The number of anilines is 1. The summed E-state index contributed by atoms with van der Waals surface area (Å²) in [6.45, 7) is -0.156. The van der Waals surface area contributed by atoms with Crippen LogP contribution in [0.1, 0.15) is 21.5 Å². The molecule has 0 aliphatic carbocycles. The summed E-state index contributed by atoms with van der Waals surface area (Å²) in [7, 11) is 1.42. The number of urea groups is 1. The lowest BCUT2D eigenvalue weighted by atomic mass is 10.1. The second-order valence-corrected chi connectivity index (χ2v) is 8.32. The summed E-state index contributed by atoms with van der Waals surface area (Å²) in [6, 6.07) is 5.42. The first-order chi connectivity index (χ1) is 17.8. The van der Waals surface area contributed by atoms with E-state index in [1.54, 1.807) is 0 Å². The molecule has 1 unspecified atom stereocenters. The number of ether oxygens (including phenoxy) is 1. The molecule has 0 spiro atoms. The van der Waals surface area contributed by atoms with Crippen LogP contribution < -0.4 is 10.6 Å². The maximum absolute atomic E-state index is 13.1. The quantitative estimate of drug-likeness (QED) is 0.426. The smallest absolute Gasteiger partial charge is 0.383 e. The van der Waals surface area contributed by atoms with Gasteiger partial charge in [-0.05, 0) is 48.5 Å². The molecule has 2 aromatic carbocycles. The Morgan fingerprint density at radius 3 is 1.97 bits per heavy atom. The highest BCUT2D eigenvalue weighted by Gasteiger charge is 2.38. The minimum Gasteiger partial charge on any atom is -0.383 e. The van der Waals surface area contributed by atoms with Gasteiger partial charge in [0.1, 0.15) is 6.04 Å². The van der Waals surface area contributed by atoms with Crippen LogP contribution in [0.3, 0.4) is 0 Å². The van der Waals surface area contributed by atoms with Crippen molar-refractivity contribution in [2.24, 2.45) is 0 Å². The molecule has 2 N–H and O–H groups in total. The Hall–Kier alpha value is -3.81. The second-order valence-electron chi connectivity index (χ2n) is 8.32. The molecule has 4 amide bonds. The minimum atomic E-state index is -4.59. The molecule has 1 atom stereocenters. The highest BCUT2D eigenvalue weighted by Crippen LogP contribution is 2.31. The van der Waals surface area contributed by atoms with Crippen LogP contribution in [0.15, 0.2) is 48.5 Å². The highest BCUT2D eigenvalue weighted by atomic mass is 19.4. The topological polar surface area (TPSA) is 91.0 Å². The van der Waals surface area contributed by atoms with Crippen molar-refractivity contribution in [1.29, 1.82) is 0 Å². The molecular weight excluding hydrogens is 522 g/mol. The van der Waals surface area contributed by atoms with Crippen LogP contribution in [0.4, 0.5) is 36.8 Å². The summed E-state index contributed by atoms with van der Waals surface area (Å²) in [6.07, 6.45) is -9.13. The molecule has 0 bridgehead atoms. The van der Waals surface area contributed by atoms with E-state index in [2.05, 4.69) is 10.6 Å². The standard InChI is InChI=1S/C24H24F6N4O4/c1-38-13-10-31-20(35)19-14-33(22(37)32-18-8-6-17(7-9-18)24(28,29)30)11-12-34(19)21(36)15-2-4-16(5-3-15)23(25,26)27/h2-9,19H,10-14H2,1H3,(H,31,35)(H,32,37). The Bertz CT molecular complexity index is 1140. The molecule has 14 heteroatoms. The van der Waals surface area contributed by atoms with E-state index in [1.165, 1.54) is 12.0 Å². The number of halogens is 6. The van der Waals surface area contributed by atoms with E-state index in [4.69, 9.17) is 4.74 Å². The number of amides is 4. The third-order valence-electron chi connectivity index (χ3n) is 5.76. The summed E-state index contributed by atoms with van der Waals surface area (Å²) in [5, 5.41) is 5.03. The maximum atomic E-state index is 13.1. The Balaban J connectivity index is 1.75. The predicted molar refractivity (Wildman–Crippen MR) is 123 cm³/mol. The van der Waals surface area contributed by atoms with Crippen LogP contribution in [-0.4, -0.2) is 73.6 Å². The maximum Gasteiger partial charge on any atom is 0.416 e. The largest absolute Gasteiger partial charge is 0.416 e. The van der Waals surface area contributed by atoms with Gasteiger partial charge in [-0.1, -0.05) is 0 Å². The fourth-order valence-electron chi connectivity index (χ4n) is 3.74. The number of alkyl halides is 6. The van der Waals surface area contributed by atoms with Gasteiger partial charge in [0.15, 0.2) is 0 Å². The molecule has 1 aliphatic rings. The van der Waals surface area contributed by atoms with E-state index in [-0.39, 0.29) is 44.0 Å². The fourth-order valence-corrected chi connectivity index (χ4v) is 3.74. The molecule has 1 fully saturated rings. The first-order valence-electron chi connectivity index (χ1n) is 11.3. The average molecular weight is 546 g/mol. The van der Waals surface area contributed by atoms with Crippen LogP contribution >= 0.6 is 0 Å². The number of hydrogen-bond donors (Lipinski definition) is 2. The number of carbonyl (C=O) groups is 3. The van der Waals surface area contributed by atoms with Gasteiger partial charge in [0.05, 0.1) is 24.3 Å². The van der Waals surface area contributed by atoms with Crippen molar-refractivity contribution in [3.8, 4) is 0 Å². The van der Waals surface area contributed by atoms with Gasteiger partial charge in [0.2, 0.25) is 5.91 Å². The van der Waals surface area contributed by atoms with Crippen LogP contribution in [0.5, 0.6) is 0 Å². The number of rotatable bonds is 6. The molecule has 38 heavy (non-hydrogen) atoms. The molecule has 0 saturated carbocycles. The first kappa shape index (κ1) is 28.8. The zero-order valence-corrected chi connectivity index (χ0v) is 20.0. The van der Waals surface area contributed by atoms with Gasteiger partial charge in [-0.15, -0.1) is 0 Å². The summed E-state index contributed by atoms with van der Waals surface area (Å²) >= 11 is 0. The summed E-state index contributed by atoms with van der Waals surface area (Å²) in [5.74, 6) is -1.32. The lowest BCUT2D eigenvalue weighted by molar-refractivity contribution is -0.138. The Labute approximate surface area is 213 Å². The molecule has 3 rings (SSSR count). The van der Waals surface area contributed by atoms with Crippen molar-refractivity contribution in [3.05, 3.63) is 65.2 Å². The molecule has 8 nitrogen and oxygen atoms in total.